The number of nitrogens with zero attached hydrogens (tertiary/aromatic N) is 2. The minimum Gasteiger partial charge on any atom is -0.333 e. The molecule has 0 aromatic rings. The van der Waals surface area contributed by atoms with Crippen LogP contribution in [-0.2, 0) is 0 Å². The second-order valence-electron chi connectivity index (χ2n) is 4.90. The van der Waals surface area contributed by atoms with E-state index in [0.717, 1.165) is 13.1 Å². The van der Waals surface area contributed by atoms with E-state index >= 15 is 0 Å². The van der Waals surface area contributed by atoms with Crippen molar-refractivity contribution in [2.45, 2.75) is 26.3 Å². The molecular weight excluding hydrogens is 178 g/mol. The Bertz CT molecular complexity index is 184. The van der Waals surface area contributed by atoms with Crippen molar-refractivity contribution < 1.29 is 4.79 Å². The zero-order chi connectivity index (χ0) is 11.4. The molecule has 0 radical (unpaired) electrons. The summed E-state index contributed by atoms with van der Waals surface area (Å²) in [4.78, 5) is 15.3. The smallest absolute Gasteiger partial charge is 0.317 e. The maximum Gasteiger partial charge on any atom is 0.317 e. The molecule has 0 unspecified atom stereocenters. The van der Waals surface area contributed by atoms with Crippen molar-refractivity contribution in [2.24, 2.45) is 0 Å². The first-order chi connectivity index (χ1) is 6.22. The Kier molecular flexibility index (Phi) is 4.91. The molecule has 2 amide bonds. The predicted molar refractivity (Wildman–Crippen MR) is 59.5 cm³/mol. The van der Waals surface area contributed by atoms with E-state index in [-0.39, 0.29) is 11.6 Å². The van der Waals surface area contributed by atoms with E-state index in [0.29, 0.717) is 0 Å². The fourth-order valence-corrected chi connectivity index (χ4v) is 0.868. The first kappa shape index (κ1) is 13.2. The number of likely N-dealkylation sites (N-methyl/N-ethyl adjacent to an activating group) is 2. The Balaban J connectivity index is 3.88. The number of amides is 2. The Morgan fingerprint density at radius 3 is 2.00 bits per heavy atom. The Morgan fingerprint density at radius 2 is 1.64 bits per heavy atom. The number of hydrogen-bond acceptors (Lipinski definition) is 2. The number of hydrogen-bond donors (Lipinski definition) is 1. The van der Waals surface area contributed by atoms with Crippen molar-refractivity contribution in [3.05, 3.63) is 0 Å². The number of urea groups is 1. The van der Waals surface area contributed by atoms with Crippen molar-refractivity contribution >= 4 is 6.03 Å². The fraction of sp³-hybridized carbons (Fsp3) is 0.900. The highest BCUT2D eigenvalue weighted by atomic mass is 16.2. The van der Waals surface area contributed by atoms with Gasteiger partial charge in [-0.2, -0.15) is 0 Å². The van der Waals surface area contributed by atoms with Crippen LogP contribution in [0, 0.1) is 0 Å². The molecule has 0 saturated heterocycles. The summed E-state index contributed by atoms with van der Waals surface area (Å²) in [5, 5.41) is 2.91. The molecule has 0 rings (SSSR count). The Hall–Kier alpha value is -0.770. The van der Waals surface area contributed by atoms with Gasteiger partial charge in [-0.3, -0.25) is 0 Å². The third-order valence-electron chi connectivity index (χ3n) is 1.71. The molecule has 4 nitrogen and oxygen atoms in total. The molecule has 0 aliphatic heterocycles. The van der Waals surface area contributed by atoms with Gasteiger partial charge in [-0.05, 0) is 34.9 Å². The first-order valence-electron chi connectivity index (χ1n) is 4.90. The standard InChI is InChI=1S/C10H23N3O/c1-10(2,3)11-9(14)13(6)8-7-12(4)5/h7-8H2,1-6H3,(H,11,14). The van der Waals surface area contributed by atoms with Crippen LogP contribution in [0.1, 0.15) is 20.8 Å². The largest absolute Gasteiger partial charge is 0.333 e. The SMILES string of the molecule is CN(C)CCN(C)C(=O)NC(C)(C)C. The predicted octanol–water partition coefficient (Wildman–Crippen LogP) is 0.988. The van der Waals surface area contributed by atoms with Gasteiger partial charge in [0.2, 0.25) is 0 Å². The maximum absolute atomic E-state index is 11.6. The van der Waals surface area contributed by atoms with Gasteiger partial charge in [-0.1, -0.05) is 0 Å². The number of nitrogens with one attached hydrogen (secondary N) is 1. The van der Waals surface area contributed by atoms with Crippen LogP contribution in [0.25, 0.3) is 0 Å². The van der Waals surface area contributed by atoms with Gasteiger partial charge in [-0.15, -0.1) is 0 Å². The monoisotopic (exact) mass is 201 g/mol. The lowest BCUT2D eigenvalue weighted by atomic mass is 10.1. The average molecular weight is 201 g/mol. The first-order valence-corrected chi connectivity index (χ1v) is 4.90. The van der Waals surface area contributed by atoms with Crippen LogP contribution >= 0.6 is 0 Å². The summed E-state index contributed by atoms with van der Waals surface area (Å²) in [6.45, 7) is 7.56. The zero-order valence-corrected chi connectivity index (χ0v) is 10.2. The van der Waals surface area contributed by atoms with E-state index in [1.807, 2.05) is 41.9 Å². The second-order valence-corrected chi connectivity index (χ2v) is 4.90. The van der Waals surface area contributed by atoms with E-state index in [2.05, 4.69) is 10.2 Å². The summed E-state index contributed by atoms with van der Waals surface area (Å²) >= 11 is 0. The highest BCUT2D eigenvalue weighted by Crippen LogP contribution is 1.99. The maximum atomic E-state index is 11.6. The summed E-state index contributed by atoms with van der Waals surface area (Å²) < 4.78 is 0. The van der Waals surface area contributed by atoms with Gasteiger partial charge in [0.25, 0.3) is 0 Å². The normalized spacial score (nSPS) is 11.6. The molecule has 0 fully saturated rings. The van der Waals surface area contributed by atoms with E-state index in [1.165, 1.54) is 0 Å². The lowest BCUT2D eigenvalue weighted by Crippen LogP contribution is -2.48. The van der Waals surface area contributed by atoms with Crippen LogP contribution in [0.5, 0.6) is 0 Å². The molecule has 84 valence electrons. The highest BCUT2D eigenvalue weighted by molar-refractivity contribution is 5.74. The molecule has 0 aliphatic rings. The third-order valence-corrected chi connectivity index (χ3v) is 1.71. The summed E-state index contributed by atoms with van der Waals surface area (Å²) in [5.74, 6) is 0. The van der Waals surface area contributed by atoms with Crippen LogP contribution in [0.2, 0.25) is 0 Å². The van der Waals surface area contributed by atoms with E-state index in [9.17, 15) is 4.79 Å². The van der Waals surface area contributed by atoms with Gasteiger partial charge in [0.05, 0.1) is 0 Å². The molecule has 1 N–H and O–H groups in total. The van der Waals surface area contributed by atoms with Crippen molar-refractivity contribution in [3.63, 3.8) is 0 Å². The molecular formula is C10H23N3O. The molecule has 0 aliphatic carbocycles. The van der Waals surface area contributed by atoms with Crippen molar-refractivity contribution in [3.8, 4) is 0 Å². The third kappa shape index (κ3) is 6.71. The molecule has 0 aromatic carbocycles. The van der Waals surface area contributed by atoms with Crippen molar-refractivity contribution in [1.82, 2.24) is 15.1 Å². The molecule has 4 heteroatoms. The molecule has 14 heavy (non-hydrogen) atoms. The Morgan fingerprint density at radius 1 is 1.14 bits per heavy atom. The minimum absolute atomic E-state index is 0.0145. The number of rotatable bonds is 3. The molecule has 0 aromatic heterocycles. The zero-order valence-electron chi connectivity index (χ0n) is 10.2. The van der Waals surface area contributed by atoms with Crippen LogP contribution in [-0.4, -0.2) is 55.6 Å². The summed E-state index contributed by atoms with van der Waals surface area (Å²) in [7, 11) is 5.80. The number of carbonyl (C=O) groups excluding carboxylic acids is 1. The van der Waals surface area contributed by atoms with E-state index < -0.39 is 0 Å². The molecule has 0 saturated carbocycles. The van der Waals surface area contributed by atoms with Crippen LogP contribution < -0.4 is 5.32 Å². The van der Waals surface area contributed by atoms with E-state index in [1.54, 1.807) is 4.90 Å². The van der Waals surface area contributed by atoms with Gasteiger partial charge in [0.15, 0.2) is 0 Å². The minimum atomic E-state index is -0.163. The van der Waals surface area contributed by atoms with Gasteiger partial charge >= 0.3 is 6.03 Å². The Labute approximate surface area is 87.3 Å². The average Bonchev–Trinajstić information content (AvgIpc) is 1.96. The summed E-state index contributed by atoms with van der Waals surface area (Å²) in [6.07, 6.45) is 0. The van der Waals surface area contributed by atoms with Crippen LogP contribution in [0.15, 0.2) is 0 Å². The van der Waals surface area contributed by atoms with E-state index in [4.69, 9.17) is 0 Å². The van der Waals surface area contributed by atoms with Gasteiger partial charge in [-0.25, -0.2) is 4.79 Å². The molecule has 0 heterocycles. The summed E-state index contributed by atoms with van der Waals surface area (Å²) in [5.41, 5.74) is -0.163. The van der Waals surface area contributed by atoms with Gasteiger partial charge in [0.1, 0.15) is 0 Å². The second kappa shape index (κ2) is 5.20. The topological polar surface area (TPSA) is 35.6 Å². The molecule has 0 atom stereocenters. The van der Waals surface area contributed by atoms with Gasteiger partial charge < -0.3 is 15.1 Å². The lowest BCUT2D eigenvalue weighted by Gasteiger charge is -2.26. The summed E-state index contributed by atoms with van der Waals surface area (Å²) in [6, 6.07) is -0.0145. The lowest BCUT2D eigenvalue weighted by molar-refractivity contribution is 0.194. The van der Waals surface area contributed by atoms with Crippen molar-refractivity contribution in [1.29, 1.82) is 0 Å². The van der Waals surface area contributed by atoms with Crippen molar-refractivity contribution in [2.75, 3.05) is 34.2 Å². The van der Waals surface area contributed by atoms with Crippen LogP contribution in [0.4, 0.5) is 4.79 Å². The number of carbonyl (C=O) groups is 1. The quantitative estimate of drug-likeness (QED) is 0.739. The fourth-order valence-electron chi connectivity index (χ4n) is 0.868. The van der Waals surface area contributed by atoms with Crippen LogP contribution in [0.3, 0.4) is 0 Å². The van der Waals surface area contributed by atoms with Gasteiger partial charge in [0, 0.05) is 25.7 Å². The highest BCUT2D eigenvalue weighted by Gasteiger charge is 2.16. The molecule has 0 spiro atoms. The molecule has 0 bridgehead atoms.